The lowest BCUT2D eigenvalue weighted by atomic mass is 9.81. The Morgan fingerprint density at radius 2 is 1.60 bits per heavy atom. The van der Waals surface area contributed by atoms with E-state index in [9.17, 15) is 0 Å². The molecule has 0 radical (unpaired) electrons. The van der Waals surface area contributed by atoms with Crippen LogP contribution in [0.3, 0.4) is 0 Å². The molecule has 2 aliphatic heterocycles. The zero-order valence-electron chi connectivity index (χ0n) is 11.8. The molecule has 2 aliphatic rings. The SMILES string of the molecule is NC1CC2CCCC(C1)N2c1cccc2ccccc12. The minimum Gasteiger partial charge on any atom is -0.365 e. The molecular weight excluding hydrogens is 244 g/mol. The predicted molar refractivity (Wildman–Crippen MR) is 85.1 cm³/mol. The summed E-state index contributed by atoms with van der Waals surface area (Å²) in [5, 5.41) is 2.74. The number of piperidine rings is 2. The molecule has 2 unspecified atom stereocenters. The molecule has 20 heavy (non-hydrogen) atoms. The molecule has 2 fully saturated rings. The number of hydrogen-bond acceptors (Lipinski definition) is 2. The van der Waals surface area contributed by atoms with Crippen LogP contribution in [0.25, 0.3) is 10.8 Å². The zero-order chi connectivity index (χ0) is 13.5. The summed E-state index contributed by atoms with van der Waals surface area (Å²) in [6.45, 7) is 0. The minimum atomic E-state index is 0.400. The molecule has 0 aromatic heterocycles. The van der Waals surface area contributed by atoms with E-state index >= 15 is 0 Å². The zero-order valence-corrected chi connectivity index (χ0v) is 11.8. The number of nitrogens with two attached hydrogens (primary N) is 1. The summed E-state index contributed by atoms with van der Waals surface area (Å²) in [7, 11) is 0. The highest BCUT2D eigenvalue weighted by molar-refractivity contribution is 5.94. The first-order valence-electron chi connectivity index (χ1n) is 7.84. The van der Waals surface area contributed by atoms with E-state index in [0.717, 1.165) is 12.8 Å². The molecule has 2 bridgehead atoms. The first kappa shape index (κ1) is 12.2. The van der Waals surface area contributed by atoms with Crippen molar-refractivity contribution in [3.05, 3.63) is 42.5 Å². The second-order valence-electron chi connectivity index (χ2n) is 6.38. The van der Waals surface area contributed by atoms with E-state index in [4.69, 9.17) is 5.73 Å². The van der Waals surface area contributed by atoms with Crippen molar-refractivity contribution < 1.29 is 0 Å². The highest BCUT2D eigenvalue weighted by Gasteiger charge is 2.37. The molecule has 104 valence electrons. The average Bonchev–Trinajstić information content (AvgIpc) is 2.46. The van der Waals surface area contributed by atoms with Crippen molar-refractivity contribution >= 4 is 16.5 Å². The van der Waals surface area contributed by atoms with Gasteiger partial charge in [-0.3, -0.25) is 0 Å². The Morgan fingerprint density at radius 3 is 2.40 bits per heavy atom. The molecule has 2 aromatic rings. The van der Waals surface area contributed by atoms with E-state index in [2.05, 4.69) is 47.4 Å². The molecule has 2 aromatic carbocycles. The van der Waals surface area contributed by atoms with Gasteiger partial charge in [0.15, 0.2) is 0 Å². The third-order valence-corrected chi connectivity index (χ3v) is 5.06. The average molecular weight is 266 g/mol. The normalized spacial score (nSPS) is 29.6. The Labute approximate surface area is 120 Å². The second-order valence-corrected chi connectivity index (χ2v) is 6.38. The van der Waals surface area contributed by atoms with E-state index in [1.165, 1.54) is 35.7 Å². The van der Waals surface area contributed by atoms with Gasteiger partial charge in [0, 0.05) is 29.2 Å². The van der Waals surface area contributed by atoms with Gasteiger partial charge in [-0.05, 0) is 43.6 Å². The van der Waals surface area contributed by atoms with Crippen LogP contribution in [0.1, 0.15) is 32.1 Å². The van der Waals surface area contributed by atoms with E-state index in [0.29, 0.717) is 18.1 Å². The van der Waals surface area contributed by atoms with Crippen LogP contribution in [0.2, 0.25) is 0 Å². The number of benzene rings is 2. The standard InChI is InChI=1S/C18H22N2/c19-14-11-15-7-4-8-16(12-14)20(15)18-10-3-6-13-5-1-2-9-17(13)18/h1-3,5-6,9-10,14-16H,4,7-8,11-12,19H2. The molecule has 0 aliphatic carbocycles. The monoisotopic (exact) mass is 266 g/mol. The second kappa shape index (κ2) is 4.78. The molecule has 4 rings (SSSR count). The molecular formula is C18H22N2. The number of fused-ring (bicyclic) bond motifs is 3. The maximum Gasteiger partial charge on any atom is 0.0450 e. The Morgan fingerprint density at radius 1 is 0.900 bits per heavy atom. The first-order chi connectivity index (χ1) is 9.83. The van der Waals surface area contributed by atoms with Crippen LogP contribution in [0.5, 0.6) is 0 Å². The summed E-state index contributed by atoms with van der Waals surface area (Å²) >= 11 is 0. The first-order valence-corrected chi connectivity index (χ1v) is 7.84. The summed E-state index contributed by atoms with van der Waals surface area (Å²) < 4.78 is 0. The highest BCUT2D eigenvalue weighted by atomic mass is 15.2. The third-order valence-electron chi connectivity index (χ3n) is 5.06. The lowest BCUT2D eigenvalue weighted by Gasteiger charge is -2.50. The summed E-state index contributed by atoms with van der Waals surface area (Å²) in [5.74, 6) is 0. The van der Waals surface area contributed by atoms with Crippen molar-refractivity contribution in [2.45, 2.75) is 50.2 Å². The Bertz CT molecular complexity index is 602. The maximum absolute atomic E-state index is 6.25. The van der Waals surface area contributed by atoms with E-state index in [1.807, 2.05) is 0 Å². The fourth-order valence-electron chi connectivity index (χ4n) is 4.25. The van der Waals surface area contributed by atoms with Gasteiger partial charge in [-0.1, -0.05) is 36.4 Å². The van der Waals surface area contributed by atoms with Crippen LogP contribution < -0.4 is 10.6 Å². The van der Waals surface area contributed by atoms with Crippen LogP contribution in [0.4, 0.5) is 5.69 Å². The van der Waals surface area contributed by atoms with Crippen LogP contribution in [-0.2, 0) is 0 Å². The van der Waals surface area contributed by atoms with Gasteiger partial charge in [0.2, 0.25) is 0 Å². The van der Waals surface area contributed by atoms with Gasteiger partial charge in [0.05, 0.1) is 0 Å². The summed E-state index contributed by atoms with van der Waals surface area (Å²) in [6, 6.07) is 17.1. The Balaban J connectivity index is 1.82. The van der Waals surface area contributed by atoms with Gasteiger partial charge in [0.25, 0.3) is 0 Å². The quantitative estimate of drug-likeness (QED) is 0.853. The van der Waals surface area contributed by atoms with E-state index in [-0.39, 0.29) is 0 Å². The van der Waals surface area contributed by atoms with Crippen LogP contribution in [-0.4, -0.2) is 18.1 Å². The van der Waals surface area contributed by atoms with Crippen molar-refractivity contribution in [2.24, 2.45) is 5.73 Å². The predicted octanol–water partition coefficient (Wildman–Crippen LogP) is 3.69. The lowest BCUT2D eigenvalue weighted by Crippen LogP contribution is -2.55. The largest absolute Gasteiger partial charge is 0.365 e. The number of nitrogens with zero attached hydrogens (tertiary/aromatic N) is 1. The van der Waals surface area contributed by atoms with Crippen LogP contribution >= 0.6 is 0 Å². The molecule has 2 nitrogen and oxygen atoms in total. The fourth-order valence-corrected chi connectivity index (χ4v) is 4.25. The smallest absolute Gasteiger partial charge is 0.0450 e. The summed E-state index contributed by atoms with van der Waals surface area (Å²) in [5.41, 5.74) is 7.67. The maximum atomic E-state index is 6.25. The van der Waals surface area contributed by atoms with Crippen LogP contribution in [0, 0.1) is 0 Å². The molecule has 0 amide bonds. The van der Waals surface area contributed by atoms with Gasteiger partial charge in [-0.2, -0.15) is 0 Å². The van der Waals surface area contributed by atoms with Gasteiger partial charge in [-0.25, -0.2) is 0 Å². The molecule has 0 spiro atoms. The molecule has 2 heterocycles. The summed E-state index contributed by atoms with van der Waals surface area (Å²) in [4.78, 5) is 2.69. The Hall–Kier alpha value is -1.54. The number of hydrogen-bond donors (Lipinski definition) is 1. The fraction of sp³-hybridized carbons (Fsp3) is 0.444. The van der Waals surface area contributed by atoms with Crippen molar-refractivity contribution in [1.82, 2.24) is 0 Å². The summed E-state index contributed by atoms with van der Waals surface area (Å²) in [6.07, 6.45) is 6.27. The van der Waals surface area contributed by atoms with Gasteiger partial charge >= 0.3 is 0 Å². The molecule has 0 saturated carbocycles. The van der Waals surface area contributed by atoms with Crippen molar-refractivity contribution in [3.63, 3.8) is 0 Å². The Kier molecular flexibility index (Phi) is 2.92. The van der Waals surface area contributed by atoms with Crippen molar-refractivity contribution in [1.29, 1.82) is 0 Å². The van der Waals surface area contributed by atoms with Crippen molar-refractivity contribution in [3.8, 4) is 0 Å². The van der Waals surface area contributed by atoms with E-state index < -0.39 is 0 Å². The molecule has 2 atom stereocenters. The molecule has 2 N–H and O–H groups in total. The number of anilines is 1. The van der Waals surface area contributed by atoms with Gasteiger partial charge < -0.3 is 10.6 Å². The molecule has 2 heteroatoms. The minimum absolute atomic E-state index is 0.400. The highest BCUT2D eigenvalue weighted by Crippen LogP contribution is 2.40. The molecule has 2 saturated heterocycles. The van der Waals surface area contributed by atoms with Gasteiger partial charge in [0.1, 0.15) is 0 Å². The van der Waals surface area contributed by atoms with E-state index in [1.54, 1.807) is 0 Å². The van der Waals surface area contributed by atoms with Crippen LogP contribution in [0.15, 0.2) is 42.5 Å². The topological polar surface area (TPSA) is 29.3 Å². The van der Waals surface area contributed by atoms with Gasteiger partial charge in [-0.15, -0.1) is 0 Å². The third kappa shape index (κ3) is 1.90. The number of rotatable bonds is 1. The van der Waals surface area contributed by atoms with Crippen molar-refractivity contribution in [2.75, 3.05) is 4.90 Å². The lowest BCUT2D eigenvalue weighted by molar-refractivity contribution is 0.272.